The molecule has 2 aromatic rings. The third-order valence-electron chi connectivity index (χ3n) is 3.58. The number of anilines is 1. The molecule has 1 fully saturated rings. The van der Waals surface area contributed by atoms with E-state index in [0.717, 1.165) is 12.8 Å². The van der Waals surface area contributed by atoms with Gasteiger partial charge in [0.15, 0.2) is 10.9 Å². The number of rotatable bonds is 5. The van der Waals surface area contributed by atoms with E-state index in [1.165, 1.54) is 30.4 Å². The van der Waals surface area contributed by atoms with Crippen molar-refractivity contribution >= 4 is 28.3 Å². The maximum Gasteiger partial charge on any atom is 0.293 e. The molecular weight excluding hydrogens is 302 g/mol. The number of thiazole rings is 1. The first kappa shape index (κ1) is 14.8. The molecule has 0 radical (unpaired) electrons. The van der Waals surface area contributed by atoms with Crippen molar-refractivity contribution in [2.75, 3.05) is 5.32 Å². The van der Waals surface area contributed by atoms with Gasteiger partial charge >= 0.3 is 0 Å². The predicted octanol–water partition coefficient (Wildman–Crippen LogP) is 2.59. The van der Waals surface area contributed by atoms with Crippen molar-refractivity contribution in [1.82, 2.24) is 10.3 Å². The summed E-state index contributed by atoms with van der Waals surface area (Å²) in [4.78, 5) is 28.0. The quantitative estimate of drug-likeness (QED) is 0.887. The Bertz CT molecular complexity index is 645. The van der Waals surface area contributed by atoms with Gasteiger partial charge in [-0.1, -0.05) is 12.8 Å². The highest BCUT2D eigenvalue weighted by atomic mass is 32.1. The molecule has 0 aromatic carbocycles. The molecule has 1 saturated carbocycles. The fourth-order valence-electron chi connectivity index (χ4n) is 2.53. The Hall–Kier alpha value is -2.15. The van der Waals surface area contributed by atoms with E-state index in [9.17, 15) is 9.59 Å². The van der Waals surface area contributed by atoms with Crippen molar-refractivity contribution in [2.24, 2.45) is 0 Å². The first-order chi connectivity index (χ1) is 10.7. The summed E-state index contributed by atoms with van der Waals surface area (Å²) in [5.74, 6) is -0.127. The van der Waals surface area contributed by atoms with E-state index >= 15 is 0 Å². The van der Waals surface area contributed by atoms with Crippen LogP contribution in [0, 0.1) is 0 Å². The minimum absolute atomic E-state index is 0.0129. The average molecular weight is 319 g/mol. The third-order valence-corrected chi connectivity index (χ3v) is 4.39. The van der Waals surface area contributed by atoms with Crippen LogP contribution in [0.4, 0.5) is 5.13 Å². The second-order valence-corrected chi connectivity index (χ2v) is 6.16. The Morgan fingerprint density at radius 3 is 2.91 bits per heavy atom. The highest BCUT2D eigenvalue weighted by molar-refractivity contribution is 7.14. The van der Waals surface area contributed by atoms with Crippen molar-refractivity contribution in [1.29, 1.82) is 0 Å². The van der Waals surface area contributed by atoms with Crippen LogP contribution in [0.3, 0.4) is 0 Å². The van der Waals surface area contributed by atoms with Gasteiger partial charge in [0.05, 0.1) is 18.4 Å². The van der Waals surface area contributed by atoms with Gasteiger partial charge in [-0.05, 0) is 25.0 Å². The van der Waals surface area contributed by atoms with Crippen LogP contribution in [0.25, 0.3) is 0 Å². The minimum Gasteiger partial charge on any atom is -0.459 e. The summed E-state index contributed by atoms with van der Waals surface area (Å²) in [5.41, 5.74) is 0.662. The number of hydrogen-bond donors (Lipinski definition) is 2. The largest absolute Gasteiger partial charge is 0.459 e. The lowest BCUT2D eigenvalue weighted by Crippen LogP contribution is -2.33. The summed E-state index contributed by atoms with van der Waals surface area (Å²) in [7, 11) is 0. The summed E-state index contributed by atoms with van der Waals surface area (Å²) in [6, 6.07) is 3.54. The molecule has 0 saturated heterocycles. The van der Waals surface area contributed by atoms with Crippen molar-refractivity contribution in [3.05, 3.63) is 35.2 Å². The van der Waals surface area contributed by atoms with Gasteiger partial charge in [-0.3, -0.25) is 14.9 Å². The van der Waals surface area contributed by atoms with Crippen LogP contribution in [0.15, 0.2) is 28.2 Å². The van der Waals surface area contributed by atoms with Crippen LogP contribution < -0.4 is 10.6 Å². The van der Waals surface area contributed by atoms with Gasteiger partial charge in [0, 0.05) is 11.4 Å². The number of nitrogens with one attached hydrogen (secondary N) is 2. The van der Waals surface area contributed by atoms with Gasteiger partial charge in [-0.15, -0.1) is 11.3 Å². The molecule has 1 aliphatic rings. The first-order valence-electron chi connectivity index (χ1n) is 7.29. The molecule has 0 atom stereocenters. The summed E-state index contributed by atoms with van der Waals surface area (Å²) in [6.45, 7) is 0. The standard InChI is InChI=1S/C15H17N3O3S/c19-13(16-10-4-1-2-5-10)8-11-9-22-15(17-11)18-14(20)12-6-3-7-21-12/h3,6-7,9-10H,1-2,4-5,8H2,(H,16,19)(H,17,18,20). The van der Waals surface area contributed by atoms with Crippen molar-refractivity contribution < 1.29 is 14.0 Å². The minimum atomic E-state index is -0.346. The van der Waals surface area contributed by atoms with E-state index in [0.29, 0.717) is 16.9 Å². The lowest BCUT2D eigenvalue weighted by molar-refractivity contribution is -0.121. The van der Waals surface area contributed by atoms with E-state index in [1.807, 2.05) is 0 Å². The normalized spacial score (nSPS) is 14.9. The van der Waals surface area contributed by atoms with Crippen LogP contribution >= 0.6 is 11.3 Å². The molecule has 22 heavy (non-hydrogen) atoms. The van der Waals surface area contributed by atoms with E-state index in [2.05, 4.69) is 15.6 Å². The molecule has 0 bridgehead atoms. The number of amides is 2. The topological polar surface area (TPSA) is 84.2 Å². The SMILES string of the molecule is O=C(Cc1csc(NC(=O)c2ccco2)n1)NC1CCCC1. The first-order valence-corrected chi connectivity index (χ1v) is 8.17. The number of carbonyl (C=O) groups is 2. The zero-order valence-corrected chi connectivity index (χ0v) is 12.8. The Balaban J connectivity index is 1.52. The van der Waals surface area contributed by atoms with Crippen LogP contribution in [0.1, 0.15) is 41.9 Å². The lowest BCUT2D eigenvalue weighted by Gasteiger charge is -2.10. The monoisotopic (exact) mass is 319 g/mol. The number of aromatic nitrogens is 1. The van der Waals surface area contributed by atoms with Crippen molar-refractivity contribution in [3.63, 3.8) is 0 Å². The van der Waals surface area contributed by atoms with Gasteiger partial charge in [-0.2, -0.15) is 0 Å². The second-order valence-electron chi connectivity index (χ2n) is 5.30. The fourth-order valence-corrected chi connectivity index (χ4v) is 3.23. The molecule has 0 aliphatic heterocycles. The fraction of sp³-hybridized carbons (Fsp3) is 0.400. The van der Waals surface area contributed by atoms with Gasteiger partial charge in [-0.25, -0.2) is 4.98 Å². The summed E-state index contributed by atoms with van der Waals surface area (Å²) < 4.78 is 5.01. The van der Waals surface area contributed by atoms with Crippen LogP contribution in [0.2, 0.25) is 0 Å². The maximum atomic E-state index is 11.9. The summed E-state index contributed by atoms with van der Waals surface area (Å²) in [5, 5.41) is 7.92. The number of nitrogens with zero attached hydrogens (tertiary/aromatic N) is 1. The predicted molar refractivity (Wildman–Crippen MR) is 82.9 cm³/mol. The molecule has 2 N–H and O–H groups in total. The lowest BCUT2D eigenvalue weighted by atomic mass is 10.2. The maximum absolute atomic E-state index is 11.9. The summed E-state index contributed by atoms with van der Waals surface area (Å²) in [6.07, 6.45) is 6.18. The highest BCUT2D eigenvalue weighted by Crippen LogP contribution is 2.19. The molecule has 6 nitrogen and oxygen atoms in total. The third kappa shape index (κ3) is 3.73. The zero-order chi connectivity index (χ0) is 15.4. The summed E-state index contributed by atoms with van der Waals surface area (Å²) >= 11 is 1.30. The van der Waals surface area contributed by atoms with E-state index in [-0.39, 0.29) is 24.0 Å². The van der Waals surface area contributed by atoms with Crippen molar-refractivity contribution in [2.45, 2.75) is 38.1 Å². The average Bonchev–Trinajstić information content (AvgIpc) is 3.20. The highest BCUT2D eigenvalue weighted by Gasteiger charge is 2.18. The number of hydrogen-bond acceptors (Lipinski definition) is 5. The Morgan fingerprint density at radius 1 is 1.36 bits per heavy atom. The molecular formula is C15H17N3O3S. The smallest absolute Gasteiger partial charge is 0.293 e. The van der Waals surface area contributed by atoms with E-state index in [4.69, 9.17) is 4.42 Å². The van der Waals surface area contributed by atoms with Crippen LogP contribution in [-0.2, 0) is 11.2 Å². The molecule has 3 rings (SSSR count). The van der Waals surface area contributed by atoms with Gasteiger partial charge in [0.25, 0.3) is 5.91 Å². The van der Waals surface area contributed by atoms with Crippen LogP contribution in [0.5, 0.6) is 0 Å². The van der Waals surface area contributed by atoms with Crippen molar-refractivity contribution in [3.8, 4) is 0 Å². The number of furan rings is 1. The zero-order valence-electron chi connectivity index (χ0n) is 12.0. The molecule has 0 unspecified atom stereocenters. The molecule has 2 amide bonds. The molecule has 2 aromatic heterocycles. The van der Waals surface area contributed by atoms with Crippen LogP contribution in [-0.4, -0.2) is 22.8 Å². The van der Waals surface area contributed by atoms with Gasteiger partial charge < -0.3 is 9.73 Å². The Morgan fingerprint density at radius 2 is 2.18 bits per heavy atom. The second kappa shape index (κ2) is 6.74. The van der Waals surface area contributed by atoms with E-state index < -0.39 is 0 Å². The molecule has 1 aliphatic carbocycles. The number of carbonyl (C=O) groups excluding carboxylic acids is 2. The molecule has 116 valence electrons. The van der Waals surface area contributed by atoms with Gasteiger partial charge in [0.2, 0.25) is 5.91 Å². The molecule has 2 heterocycles. The molecule has 0 spiro atoms. The Labute approximate surface area is 131 Å². The Kier molecular flexibility index (Phi) is 4.53. The van der Waals surface area contributed by atoms with Gasteiger partial charge in [0.1, 0.15) is 0 Å². The molecule has 7 heteroatoms. The van der Waals surface area contributed by atoms with E-state index in [1.54, 1.807) is 17.5 Å².